The number of carboxylic acid groups (broad SMARTS) is 1. The van der Waals surface area contributed by atoms with Crippen molar-refractivity contribution in [2.75, 3.05) is 6.54 Å². The molecule has 0 radical (unpaired) electrons. The number of rotatable bonds is 17. The number of guanidine groups is 1. The summed E-state index contributed by atoms with van der Waals surface area (Å²) in [4.78, 5) is 64.8. The number of primary amides is 1. The maximum absolute atomic E-state index is 13.0. The van der Waals surface area contributed by atoms with E-state index in [0.717, 1.165) is 0 Å². The van der Waals surface area contributed by atoms with Crippen molar-refractivity contribution in [1.82, 2.24) is 16.0 Å². The third-order valence-electron chi connectivity index (χ3n) is 5.03. The Morgan fingerprint density at radius 1 is 0.833 bits per heavy atom. The molecule has 0 fully saturated rings. The minimum atomic E-state index is -1.35. The van der Waals surface area contributed by atoms with Gasteiger partial charge in [0, 0.05) is 13.0 Å². The summed E-state index contributed by atoms with van der Waals surface area (Å²) in [6, 6.07) is -5.06. The van der Waals surface area contributed by atoms with E-state index in [9.17, 15) is 34.2 Å². The Bertz CT molecular complexity index is 799. The Morgan fingerprint density at radius 3 is 1.78 bits per heavy atom. The van der Waals surface area contributed by atoms with Crippen LogP contribution in [0.15, 0.2) is 4.99 Å². The van der Waals surface area contributed by atoms with Gasteiger partial charge in [-0.3, -0.25) is 24.2 Å². The molecule has 0 aromatic carbocycles. The largest absolute Gasteiger partial charge is 0.480 e. The second-order valence-electron chi connectivity index (χ2n) is 8.87. The monoisotopic (exact) mass is 516 g/mol. The summed E-state index contributed by atoms with van der Waals surface area (Å²) in [5.74, 6) is -4.61. The van der Waals surface area contributed by atoms with Gasteiger partial charge in [0.1, 0.15) is 24.2 Å². The zero-order chi connectivity index (χ0) is 28.0. The van der Waals surface area contributed by atoms with E-state index in [1.807, 2.05) is 0 Å². The molecular formula is C21H40N8O7. The van der Waals surface area contributed by atoms with Gasteiger partial charge < -0.3 is 49.1 Å². The zero-order valence-corrected chi connectivity index (χ0v) is 20.9. The number of hydrogen-bond donors (Lipinski definition) is 9. The summed E-state index contributed by atoms with van der Waals surface area (Å²) >= 11 is 0. The Balaban J connectivity index is 5.71. The quantitative estimate of drug-likeness (QED) is 0.0524. The molecule has 0 saturated heterocycles. The van der Waals surface area contributed by atoms with Crippen molar-refractivity contribution in [3.8, 4) is 0 Å². The van der Waals surface area contributed by atoms with Crippen molar-refractivity contribution in [2.24, 2.45) is 33.8 Å². The summed E-state index contributed by atoms with van der Waals surface area (Å²) in [7, 11) is 0. The molecule has 15 nitrogen and oxygen atoms in total. The zero-order valence-electron chi connectivity index (χ0n) is 20.9. The molecule has 4 amide bonds. The molecule has 5 unspecified atom stereocenters. The van der Waals surface area contributed by atoms with Crippen LogP contribution in [0, 0.1) is 5.92 Å². The van der Waals surface area contributed by atoms with E-state index in [0.29, 0.717) is 0 Å². The lowest BCUT2D eigenvalue weighted by atomic mass is 10.0. The van der Waals surface area contributed by atoms with Gasteiger partial charge in [-0.05, 0) is 38.5 Å². The van der Waals surface area contributed by atoms with Crippen LogP contribution < -0.4 is 38.9 Å². The molecule has 0 aliphatic heterocycles. The lowest BCUT2D eigenvalue weighted by Crippen LogP contribution is -2.58. The molecule has 0 aliphatic carbocycles. The number of carboxylic acids is 1. The molecular weight excluding hydrogens is 476 g/mol. The van der Waals surface area contributed by atoms with Crippen molar-refractivity contribution in [3.63, 3.8) is 0 Å². The third-order valence-corrected chi connectivity index (χ3v) is 5.03. The molecule has 0 saturated carbocycles. The summed E-state index contributed by atoms with van der Waals surface area (Å²) in [6.07, 6.45) is -1.24. The number of hydrogen-bond acceptors (Lipinski definition) is 8. The highest BCUT2D eigenvalue weighted by Crippen LogP contribution is 2.08. The standard InChI is InChI=1S/C21H40N8O7/c1-10(2)9-14(20(35)36)29-17(32)12(5-4-8-26-21(24)25)27-18(33)13(6-7-15(22)31)28-19(34)16(23)11(3)30/h10-14,16,30H,4-9,23H2,1-3H3,(H2,22,31)(H,27,33)(H,28,34)(H,29,32)(H,35,36)(H4,24,25,26). The van der Waals surface area contributed by atoms with Gasteiger partial charge in [0.15, 0.2) is 5.96 Å². The van der Waals surface area contributed by atoms with Crippen molar-refractivity contribution >= 4 is 35.6 Å². The lowest BCUT2D eigenvalue weighted by Gasteiger charge is -2.25. The maximum Gasteiger partial charge on any atom is 0.326 e. The number of nitrogens with one attached hydrogen (secondary N) is 3. The minimum absolute atomic E-state index is 0.0338. The first kappa shape index (κ1) is 32.5. The van der Waals surface area contributed by atoms with E-state index in [4.69, 9.17) is 22.9 Å². The second-order valence-corrected chi connectivity index (χ2v) is 8.87. The summed E-state index contributed by atoms with van der Waals surface area (Å²) in [5.41, 5.74) is 21.3. The molecule has 15 heteroatoms. The highest BCUT2D eigenvalue weighted by molar-refractivity contribution is 5.94. The van der Waals surface area contributed by atoms with E-state index >= 15 is 0 Å². The van der Waals surface area contributed by atoms with Crippen LogP contribution in [0.3, 0.4) is 0 Å². The number of nitrogens with two attached hydrogens (primary N) is 4. The predicted octanol–water partition coefficient (Wildman–Crippen LogP) is -3.40. The Hall–Kier alpha value is -3.46. The molecule has 5 atom stereocenters. The Labute approximate surface area is 209 Å². The first-order chi connectivity index (χ1) is 16.6. The van der Waals surface area contributed by atoms with Gasteiger partial charge in [-0.15, -0.1) is 0 Å². The summed E-state index contributed by atoms with van der Waals surface area (Å²) < 4.78 is 0. The maximum atomic E-state index is 13.0. The number of carbonyl (C=O) groups is 5. The third kappa shape index (κ3) is 13.4. The van der Waals surface area contributed by atoms with E-state index in [1.165, 1.54) is 6.92 Å². The van der Waals surface area contributed by atoms with Gasteiger partial charge in [-0.2, -0.15) is 0 Å². The topological polar surface area (TPSA) is 278 Å². The van der Waals surface area contributed by atoms with Crippen molar-refractivity contribution in [3.05, 3.63) is 0 Å². The van der Waals surface area contributed by atoms with E-state index in [-0.39, 0.29) is 50.5 Å². The fourth-order valence-electron chi connectivity index (χ4n) is 3.05. The minimum Gasteiger partial charge on any atom is -0.480 e. The van der Waals surface area contributed by atoms with Crippen LogP contribution >= 0.6 is 0 Å². The highest BCUT2D eigenvalue weighted by atomic mass is 16.4. The smallest absolute Gasteiger partial charge is 0.326 e. The number of aliphatic hydroxyl groups excluding tert-OH is 1. The number of amides is 4. The number of carbonyl (C=O) groups excluding carboxylic acids is 4. The van der Waals surface area contributed by atoms with Gasteiger partial charge in [0.2, 0.25) is 23.6 Å². The molecule has 0 spiro atoms. The molecule has 206 valence electrons. The van der Waals surface area contributed by atoms with Gasteiger partial charge in [0.25, 0.3) is 0 Å². The Kier molecular flexibility index (Phi) is 14.7. The number of nitrogens with zero attached hydrogens (tertiary/aromatic N) is 1. The highest BCUT2D eigenvalue weighted by Gasteiger charge is 2.31. The fourth-order valence-corrected chi connectivity index (χ4v) is 3.05. The van der Waals surface area contributed by atoms with Crippen LogP contribution in [0.4, 0.5) is 0 Å². The van der Waals surface area contributed by atoms with Crippen molar-refractivity contribution in [2.45, 2.75) is 83.1 Å². The first-order valence-electron chi connectivity index (χ1n) is 11.6. The average Bonchev–Trinajstić information content (AvgIpc) is 2.76. The van der Waals surface area contributed by atoms with E-state index in [1.54, 1.807) is 13.8 Å². The molecule has 0 aliphatic rings. The average molecular weight is 517 g/mol. The van der Waals surface area contributed by atoms with Crippen molar-refractivity contribution < 1.29 is 34.2 Å². The summed E-state index contributed by atoms with van der Waals surface area (Å²) in [6.45, 7) is 5.01. The van der Waals surface area contributed by atoms with Crippen LogP contribution in [0.1, 0.15) is 52.9 Å². The van der Waals surface area contributed by atoms with Crippen molar-refractivity contribution in [1.29, 1.82) is 0 Å². The molecule has 0 bridgehead atoms. The number of aliphatic hydroxyl groups is 1. The van der Waals surface area contributed by atoms with Crippen LogP contribution in [0.5, 0.6) is 0 Å². The van der Waals surface area contributed by atoms with Crippen LogP contribution in [-0.4, -0.2) is 82.6 Å². The first-order valence-corrected chi connectivity index (χ1v) is 11.6. The van der Waals surface area contributed by atoms with E-state index < -0.39 is 59.9 Å². The molecule has 0 heterocycles. The number of aliphatic carboxylic acids is 1. The predicted molar refractivity (Wildman–Crippen MR) is 131 cm³/mol. The van der Waals surface area contributed by atoms with Gasteiger partial charge in [-0.25, -0.2) is 4.79 Å². The number of aliphatic imine (C=N–C) groups is 1. The molecule has 0 aromatic rings. The van der Waals surface area contributed by atoms with Gasteiger partial charge in [0.05, 0.1) is 6.10 Å². The van der Waals surface area contributed by atoms with Gasteiger partial charge in [-0.1, -0.05) is 13.8 Å². The van der Waals surface area contributed by atoms with E-state index in [2.05, 4.69) is 20.9 Å². The molecule has 36 heavy (non-hydrogen) atoms. The van der Waals surface area contributed by atoms with Crippen LogP contribution in [0.2, 0.25) is 0 Å². The fraction of sp³-hybridized carbons (Fsp3) is 0.714. The lowest BCUT2D eigenvalue weighted by molar-refractivity contribution is -0.143. The Morgan fingerprint density at radius 2 is 1.33 bits per heavy atom. The second kappa shape index (κ2) is 16.3. The molecule has 0 rings (SSSR count). The molecule has 13 N–H and O–H groups in total. The van der Waals surface area contributed by atoms with Gasteiger partial charge >= 0.3 is 5.97 Å². The molecule has 0 aromatic heterocycles. The van der Waals surface area contributed by atoms with Crippen LogP contribution in [0.25, 0.3) is 0 Å². The normalized spacial score (nSPS) is 15.1. The summed E-state index contributed by atoms with van der Waals surface area (Å²) in [5, 5.41) is 26.2. The SMILES string of the molecule is CC(C)CC(NC(=O)C(CCCN=C(N)N)NC(=O)C(CCC(N)=O)NC(=O)C(N)C(C)O)C(=O)O. The van der Waals surface area contributed by atoms with Crippen LogP contribution in [-0.2, 0) is 24.0 Å².